The molecule has 0 bridgehead atoms. The summed E-state index contributed by atoms with van der Waals surface area (Å²) in [4.78, 5) is 48.5. The number of nitrogens with zero attached hydrogens (tertiary/aromatic N) is 1. The maximum absolute atomic E-state index is 12.6. The van der Waals surface area contributed by atoms with Crippen LogP contribution in [0.4, 0.5) is 0 Å². The second kappa shape index (κ2) is 16.5. The Labute approximate surface area is 230 Å². The van der Waals surface area contributed by atoms with E-state index >= 15 is 0 Å². The molecule has 2 amide bonds. The van der Waals surface area contributed by atoms with E-state index in [0.29, 0.717) is 0 Å². The minimum absolute atomic E-state index is 0.0441. The summed E-state index contributed by atoms with van der Waals surface area (Å²) < 4.78 is 5.67. The number of aliphatic hydroxyl groups excluding tert-OH is 1. The van der Waals surface area contributed by atoms with Crippen molar-refractivity contribution in [2.75, 3.05) is 14.2 Å². The highest BCUT2D eigenvalue weighted by Crippen LogP contribution is 2.17. The van der Waals surface area contributed by atoms with Crippen LogP contribution in [0, 0.1) is 11.8 Å². The number of carbonyl (C=O) groups is 4. The first-order valence-corrected chi connectivity index (χ1v) is 12.9. The molecule has 0 saturated heterocycles. The number of nitrogens with one attached hydrogen (secondary N) is 1. The van der Waals surface area contributed by atoms with Gasteiger partial charge in [0.1, 0.15) is 12.1 Å². The Hall–Kier alpha value is -3.50. The summed E-state index contributed by atoms with van der Waals surface area (Å²) in [5.41, 5.74) is 2.03. The number of allylic oxidation sites excluding steroid dienone is 2. The van der Waals surface area contributed by atoms with E-state index in [9.17, 15) is 29.4 Å². The van der Waals surface area contributed by atoms with E-state index in [4.69, 9.17) is 9.84 Å². The lowest BCUT2D eigenvalue weighted by molar-refractivity contribution is -0.148. The first-order chi connectivity index (χ1) is 18.3. The third kappa shape index (κ3) is 11.4. The molecule has 0 heterocycles. The second-order valence-electron chi connectivity index (χ2n) is 9.83. The third-order valence-electron chi connectivity index (χ3n) is 6.77. The Kier molecular flexibility index (Phi) is 14.2. The Morgan fingerprint density at radius 1 is 1.05 bits per heavy atom. The van der Waals surface area contributed by atoms with Crippen molar-refractivity contribution in [2.24, 2.45) is 11.8 Å². The van der Waals surface area contributed by atoms with Gasteiger partial charge in [0.2, 0.25) is 11.8 Å². The number of carboxylic acid groups (broad SMARTS) is 2. The maximum Gasteiger partial charge on any atom is 0.326 e. The monoisotopic (exact) mass is 546 g/mol. The lowest BCUT2D eigenvalue weighted by Gasteiger charge is -2.23. The zero-order valence-electron chi connectivity index (χ0n) is 23.5. The molecular formula is C29H42N2O8. The van der Waals surface area contributed by atoms with E-state index in [1.54, 1.807) is 13.2 Å². The van der Waals surface area contributed by atoms with Gasteiger partial charge in [0.15, 0.2) is 0 Å². The van der Waals surface area contributed by atoms with Gasteiger partial charge in [0, 0.05) is 26.5 Å². The van der Waals surface area contributed by atoms with Gasteiger partial charge in [0.05, 0.1) is 18.1 Å². The lowest BCUT2D eigenvalue weighted by Crippen LogP contribution is -2.46. The van der Waals surface area contributed by atoms with Crippen molar-refractivity contribution in [3.05, 3.63) is 59.7 Å². The summed E-state index contributed by atoms with van der Waals surface area (Å²) in [7, 11) is 2.98. The lowest BCUT2D eigenvalue weighted by atomic mass is 9.95. The molecule has 10 nitrogen and oxygen atoms in total. The highest BCUT2D eigenvalue weighted by molar-refractivity contribution is 5.86. The van der Waals surface area contributed by atoms with E-state index in [1.807, 2.05) is 50.3 Å². The molecule has 1 rings (SSSR count). The number of aliphatic carboxylic acids is 2. The molecule has 0 aromatic heterocycles. The maximum atomic E-state index is 12.6. The van der Waals surface area contributed by atoms with E-state index in [-0.39, 0.29) is 24.9 Å². The summed E-state index contributed by atoms with van der Waals surface area (Å²) in [5.74, 6) is -4.64. The number of hydrogen-bond donors (Lipinski definition) is 4. The van der Waals surface area contributed by atoms with Gasteiger partial charge in [-0.2, -0.15) is 0 Å². The van der Waals surface area contributed by atoms with Crippen LogP contribution in [0.1, 0.15) is 46.1 Å². The summed E-state index contributed by atoms with van der Waals surface area (Å²) in [6.07, 6.45) is 4.23. The van der Waals surface area contributed by atoms with Crippen molar-refractivity contribution in [1.82, 2.24) is 10.2 Å². The van der Waals surface area contributed by atoms with Crippen LogP contribution in [0.25, 0.3) is 0 Å². The van der Waals surface area contributed by atoms with Crippen LogP contribution >= 0.6 is 0 Å². The average Bonchev–Trinajstić information content (AvgIpc) is 2.90. The van der Waals surface area contributed by atoms with Gasteiger partial charge in [-0.15, -0.1) is 0 Å². The van der Waals surface area contributed by atoms with Crippen molar-refractivity contribution in [1.29, 1.82) is 0 Å². The van der Waals surface area contributed by atoms with E-state index in [1.165, 1.54) is 32.5 Å². The Bertz CT molecular complexity index is 1020. The minimum atomic E-state index is -1.37. The van der Waals surface area contributed by atoms with Crippen LogP contribution in [-0.4, -0.2) is 82.4 Å². The molecule has 4 N–H and O–H groups in total. The van der Waals surface area contributed by atoms with Crippen molar-refractivity contribution in [3.63, 3.8) is 0 Å². The molecule has 0 saturated carbocycles. The van der Waals surface area contributed by atoms with Crippen LogP contribution < -0.4 is 5.32 Å². The second-order valence-corrected chi connectivity index (χ2v) is 9.83. The summed E-state index contributed by atoms with van der Waals surface area (Å²) in [6.45, 7) is 6.72. The van der Waals surface area contributed by atoms with E-state index < -0.39 is 47.9 Å². The molecule has 1 unspecified atom stereocenters. The number of ether oxygens (including phenoxy) is 1. The molecule has 0 radical (unpaired) electrons. The van der Waals surface area contributed by atoms with Crippen molar-refractivity contribution >= 4 is 23.8 Å². The predicted molar refractivity (Wildman–Crippen MR) is 147 cm³/mol. The summed E-state index contributed by atoms with van der Waals surface area (Å²) in [6, 6.07) is 7.58. The molecule has 0 fully saturated rings. The molecule has 0 aliphatic carbocycles. The van der Waals surface area contributed by atoms with Gasteiger partial charge in [-0.25, -0.2) is 9.59 Å². The number of carboxylic acids is 2. The number of rotatable bonds is 16. The Morgan fingerprint density at radius 2 is 1.67 bits per heavy atom. The Balaban J connectivity index is 2.72. The van der Waals surface area contributed by atoms with Crippen molar-refractivity contribution in [3.8, 4) is 0 Å². The standard InChI is InChI=1S/C29H42N2O8/c1-18(16-19(2)25(39-6)17-22-10-8-7-9-11-22)12-14-24(32)20(3)27(34)30-23(29(37)38)13-15-26(33)31(5)21(4)28(35)36/h7-12,14,16,19-21,23-25,32H,13,15,17H2,1-6H3,(H,30,34)(H,35,36)(H,37,38)/b14-12+,18-16+/t19-,20-,21?,23+,24+,25-/m0/s1. The fourth-order valence-electron chi connectivity index (χ4n) is 3.87. The highest BCUT2D eigenvalue weighted by atomic mass is 16.5. The van der Waals surface area contributed by atoms with Crippen molar-refractivity contribution < 1.29 is 39.2 Å². The number of aliphatic hydroxyl groups is 1. The minimum Gasteiger partial charge on any atom is -0.480 e. The quantitative estimate of drug-likeness (QED) is 0.231. The van der Waals surface area contributed by atoms with Crippen LogP contribution in [0.3, 0.4) is 0 Å². The first kappa shape index (κ1) is 33.5. The number of benzene rings is 1. The molecular weight excluding hydrogens is 504 g/mol. The highest BCUT2D eigenvalue weighted by Gasteiger charge is 2.28. The first-order valence-electron chi connectivity index (χ1n) is 12.9. The molecule has 1 aromatic carbocycles. The predicted octanol–water partition coefficient (Wildman–Crippen LogP) is 2.66. The number of likely N-dealkylation sites (N-methyl/N-ethyl adjacent to an activating group) is 1. The third-order valence-corrected chi connectivity index (χ3v) is 6.77. The number of hydrogen-bond acceptors (Lipinski definition) is 6. The van der Waals surface area contributed by atoms with Gasteiger partial charge in [-0.3, -0.25) is 9.59 Å². The molecule has 216 valence electrons. The molecule has 0 aliphatic heterocycles. The SMILES string of the molecule is CO[C@@H](Cc1ccccc1)[C@@H](C)/C=C(C)/C=C/[C@@H](O)[C@H](C)C(=O)N[C@H](CCC(=O)N(C)C(C)C(=O)O)C(=O)O. The normalized spacial score (nSPS) is 16.5. The van der Waals surface area contributed by atoms with Crippen LogP contribution in [0.5, 0.6) is 0 Å². The average molecular weight is 547 g/mol. The molecule has 39 heavy (non-hydrogen) atoms. The fraction of sp³-hybridized carbons (Fsp3) is 0.517. The topological polar surface area (TPSA) is 153 Å². The largest absolute Gasteiger partial charge is 0.480 e. The molecule has 1 aromatic rings. The number of methoxy groups -OCH3 is 1. The van der Waals surface area contributed by atoms with Crippen LogP contribution in [0.15, 0.2) is 54.1 Å². The molecule has 10 heteroatoms. The van der Waals surface area contributed by atoms with Crippen LogP contribution in [-0.2, 0) is 30.3 Å². The Morgan fingerprint density at radius 3 is 2.21 bits per heavy atom. The van der Waals surface area contributed by atoms with E-state index in [2.05, 4.69) is 5.32 Å². The van der Waals surface area contributed by atoms with Gasteiger partial charge in [-0.1, -0.05) is 68.0 Å². The fourth-order valence-corrected chi connectivity index (χ4v) is 3.87. The summed E-state index contributed by atoms with van der Waals surface area (Å²) >= 11 is 0. The molecule has 0 spiro atoms. The van der Waals surface area contributed by atoms with Gasteiger partial charge in [-0.05, 0) is 32.3 Å². The zero-order valence-corrected chi connectivity index (χ0v) is 23.5. The zero-order chi connectivity index (χ0) is 29.7. The van der Waals surface area contributed by atoms with Gasteiger partial charge in [0.25, 0.3) is 0 Å². The smallest absolute Gasteiger partial charge is 0.326 e. The van der Waals surface area contributed by atoms with Crippen molar-refractivity contribution in [2.45, 2.75) is 71.2 Å². The number of amides is 2. The number of carbonyl (C=O) groups excluding carboxylic acids is 2. The summed E-state index contributed by atoms with van der Waals surface area (Å²) in [5, 5.41) is 31.4. The van der Waals surface area contributed by atoms with Crippen LogP contribution in [0.2, 0.25) is 0 Å². The molecule has 0 aliphatic rings. The van der Waals surface area contributed by atoms with Gasteiger partial charge < -0.3 is 30.3 Å². The molecule has 6 atom stereocenters. The van der Waals surface area contributed by atoms with Gasteiger partial charge >= 0.3 is 11.9 Å². The van der Waals surface area contributed by atoms with E-state index in [0.717, 1.165) is 16.9 Å².